The monoisotopic (exact) mass is 391 g/mol. The highest BCUT2D eigenvalue weighted by Gasteiger charge is 2.26. The Balaban J connectivity index is 2.02. The summed E-state index contributed by atoms with van der Waals surface area (Å²) in [6.45, 7) is 4.74. The zero-order valence-corrected chi connectivity index (χ0v) is 17.4. The highest BCUT2D eigenvalue weighted by molar-refractivity contribution is 5.71. The summed E-state index contributed by atoms with van der Waals surface area (Å²) in [5.74, 6) is 1.51. The third kappa shape index (κ3) is 3.14. The number of aryl methyl sites for hydroxylation is 1. The Morgan fingerprint density at radius 1 is 1.07 bits per heavy atom. The van der Waals surface area contributed by atoms with Crippen molar-refractivity contribution >= 4 is 5.69 Å². The lowest BCUT2D eigenvalue weighted by molar-refractivity contribution is 0.354. The lowest BCUT2D eigenvalue weighted by Gasteiger charge is -2.28. The molecule has 1 aliphatic rings. The SMILES string of the molecule is COc1cc2c(cc1OC)C(C)Cn1c-2cc(=Nc2ccccc2C)n(C)c1=O. The van der Waals surface area contributed by atoms with Crippen LogP contribution in [-0.4, -0.2) is 23.4 Å². The average molecular weight is 391 g/mol. The number of para-hydroxylation sites is 1. The highest BCUT2D eigenvalue weighted by atomic mass is 16.5. The summed E-state index contributed by atoms with van der Waals surface area (Å²) < 4.78 is 14.4. The second-order valence-electron chi connectivity index (χ2n) is 7.43. The number of rotatable bonds is 3. The van der Waals surface area contributed by atoms with Crippen LogP contribution in [0.4, 0.5) is 5.69 Å². The van der Waals surface area contributed by atoms with E-state index < -0.39 is 0 Å². The minimum Gasteiger partial charge on any atom is -0.493 e. The molecule has 0 aliphatic carbocycles. The van der Waals surface area contributed by atoms with Gasteiger partial charge in [-0.1, -0.05) is 25.1 Å². The predicted octanol–water partition coefficient (Wildman–Crippen LogP) is 3.53. The Labute approximate surface area is 169 Å². The van der Waals surface area contributed by atoms with Crippen LogP contribution in [0, 0.1) is 6.92 Å². The molecule has 1 aromatic heterocycles. The van der Waals surface area contributed by atoms with Crippen LogP contribution in [0.5, 0.6) is 11.5 Å². The number of nitrogens with zero attached hydrogens (tertiary/aromatic N) is 3. The van der Waals surface area contributed by atoms with E-state index in [0.29, 0.717) is 23.5 Å². The van der Waals surface area contributed by atoms with Crippen molar-refractivity contribution in [1.82, 2.24) is 9.13 Å². The summed E-state index contributed by atoms with van der Waals surface area (Å²) in [7, 11) is 5.02. The molecule has 6 nitrogen and oxygen atoms in total. The molecule has 0 fully saturated rings. The number of hydrogen-bond acceptors (Lipinski definition) is 4. The van der Waals surface area contributed by atoms with Gasteiger partial charge in [-0.05, 0) is 36.2 Å². The lowest BCUT2D eigenvalue weighted by Crippen LogP contribution is -2.41. The highest BCUT2D eigenvalue weighted by Crippen LogP contribution is 2.41. The maximum atomic E-state index is 13.2. The van der Waals surface area contributed by atoms with Crippen LogP contribution in [0.2, 0.25) is 0 Å². The molecule has 2 aromatic carbocycles. The molecule has 0 amide bonds. The number of benzene rings is 2. The van der Waals surface area contributed by atoms with Gasteiger partial charge in [-0.3, -0.25) is 9.13 Å². The van der Waals surface area contributed by atoms with Gasteiger partial charge < -0.3 is 9.47 Å². The molecule has 0 N–H and O–H groups in total. The molecule has 6 heteroatoms. The van der Waals surface area contributed by atoms with Gasteiger partial charge in [-0.15, -0.1) is 0 Å². The molecule has 0 spiro atoms. The van der Waals surface area contributed by atoms with Gasteiger partial charge in [0.15, 0.2) is 11.5 Å². The van der Waals surface area contributed by atoms with E-state index in [0.717, 1.165) is 28.1 Å². The van der Waals surface area contributed by atoms with Crippen molar-refractivity contribution in [2.24, 2.45) is 12.0 Å². The molecule has 1 atom stereocenters. The molecule has 0 saturated heterocycles. The molecule has 3 aromatic rings. The van der Waals surface area contributed by atoms with Crippen LogP contribution in [0.1, 0.15) is 24.0 Å². The molecule has 150 valence electrons. The van der Waals surface area contributed by atoms with E-state index >= 15 is 0 Å². The second kappa shape index (κ2) is 7.28. The van der Waals surface area contributed by atoms with Crippen molar-refractivity contribution < 1.29 is 9.47 Å². The maximum absolute atomic E-state index is 13.2. The number of methoxy groups -OCH3 is 2. The third-order valence-electron chi connectivity index (χ3n) is 5.59. The van der Waals surface area contributed by atoms with Crippen LogP contribution < -0.4 is 20.7 Å². The number of aromatic nitrogens is 2. The van der Waals surface area contributed by atoms with Crippen molar-refractivity contribution in [2.75, 3.05) is 14.2 Å². The van der Waals surface area contributed by atoms with Gasteiger partial charge in [0.1, 0.15) is 5.49 Å². The lowest BCUT2D eigenvalue weighted by atomic mass is 9.89. The first kappa shape index (κ1) is 19.1. The van der Waals surface area contributed by atoms with E-state index in [1.165, 1.54) is 0 Å². The summed E-state index contributed by atoms with van der Waals surface area (Å²) in [6, 6.07) is 13.8. The molecule has 29 heavy (non-hydrogen) atoms. The van der Waals surface area contributed by atoms with Gasteiger partial charge in [-0.25, -0.2) is 9.79 Å². The molecule has 0 radical (unpaired) electrons. The van der Waals surface area contributed by atoms with Gasteiger partial charge in [-0.2, -0.15) is 0 Å². The Bertz CT molecular complexity index is 1220. The fraction of sp³-hybridized carbons (Fsp3) is 0.304. The Morgan fingerprint density at radius 2 is 1.76 bits per heavy atom. The van der Waals surface area contributed by atoms with Gasteiger partial charge in [0.25, 0.3) is 0 Å². The molecule has 2 heterocycles. The van der Waals surface area contributed by atoms with Crippen LogP contribution in [-0.2, 0) is 13.6 Å². The molecule has 1 unspecified atom stereocenters. The van der Waals surface area contributed by atoms with Gasteiger partial charge in [0.05, 0.1) is 25.6 Å². The minimum atomic E-state index is -0.0814. The van der Waals surface area contributed by atoms with Crippen molar-refractivity contribution in [3.63, 3.8) is 0 Å². The van der Waals surface area contributed by atoms with E-state index in [-0.39, 0.29) is 11.6 Å². The maximum Gasteiger partial charge on any atom is 0.329 e. The van der Waals surface area contributed by atoms with Gasteiger partial charge in [0.2, 0.25) is 0 Å². The van der Waals surface area contributed by atoms with Crippen molar-refractivity contribution in [2.45, 2.75) is 26.3 Å². The molecule has 1 aliphatic heterocycles. The topological polar surface area (TPSA) is 57.8 Å². The van der Waals surface area contributed by atoms with Crippen LogP contribution >= 0.6 is 0 Å². The molecule has 4 rings (SSSR count). The number of ether oxygens (including phenoxy) is 2. The van der Waals surface area contributed by atoms with Crippen LogP contribution in [0.25, 0.3) is 11.3 Å². The molecular formula is C23H25N3O3. The van der Waals surface area contributed by atoms with Crippen molar-refractivity contribution in [1.29, 1.82) is 0 Å². The van der Waals surface area contributed by atoms with Crippen molar-refractivity contribution in [3.8, 4) is 22.8 Å². The average Bonchev–Trinajstić information content (AvgIpc) is 2.73. The zero-order chi connectivity index (χ0) is 20.7. The molecule has 0 saturated carbocycles. The third-order valence-corrected chi connectivity index (χ3v) is 5.59. The summed E-state index contributed by atoms with van der Waals surface area (Å²) in [5.41, 5.74) is 5.40. The summed E-state index contributed by atoms with van der Waals surface area (Å²) in [4.78, 5) is 17.9. The zero-order valence-electron chi connectivity index (χ0n) is 17.4. The Hall–Kier alpha value is -3.28. The van der Waals surface area contributed by atoms with E-state index in [4.69, 9.17) is 14.5 Å². The fourth-order valence-corrected chi connectivity index (χ4v) is 3.89. The standard InChI is InChI=1S/C23H25N3O3/c1-14-8-6-7-9-18(14)24-22-12-19-17-11-21(29-5)20(28-4)10-16(17)15(2)13-26(19)23(27)25(22)3/h6-12,15H,13H2,1-5H3. The predicted molar refractivity (Wildman–Crippen MR) is 113 cm³/mol. The van der Waals surface area contributed by atoms with Gasteiger partial charge >= 0.3 is 5.69 Å². The molecular weight excluding hydrogens is 366 g/mol. The minimum absolute atomic E-state index is 0.0814. The van der Waals surface area contributed by atoms with Crippen LogP contribution in [0.3, 0.4) is 0 Å². The summed E-state index contributed by atoms with van der Waals surface area (Å²) >= 11 is 0. The van der Waals surface area contributed by atoms with E-state index in [1.54, 1.807) is 25.8 Å². The Morgan fingerprint density at radius 3 is 2.45 bits per heavy atom. The Kier molecular flexibility index (Phi) is 4.78. The second-order valence-corrected chi connectivity index (χ2v) is 7.43. The normalized spacial score (nSPS) is 15.6. The summed E-state index contributed by atoms with van der Waals surface area (Å²) in [5, 5.41) is 0. The van der Waals surface area contributed by atoms with Crippen LogP contribution in [0.15, 0.2) is 52.3 Å². The smallest absolute Gasteiger partial charge is 0.329 e. The van der Waals surface area contributed by atoms with Crippen molar-refractivity contribution in [3.05, 3.63) is 69.6 Å². The fourth-order valence-electron chi connectivity index (χ4n) is 3.89. The first-order valence-electron chi connectivity index (χ1n) is 9.62. The number of hydrogen-bond donors (Lipinski definition) is 0. The van der Waals surface area contributed by atoms with E-state index in [1.807, 2.05) is 54.0 Å². The van der Waals surface area contributed by atoms with E-state index in [2.05, 4.69) is 6.92 Å². The quantitative estimate of drug-likeness (QED) is 0.686. The number of fused-ring (bicyclic) bond motifs is 3. The molecule has 0 bridgehead atoms. The summed E-state index contributed by atoms with van der Waals surface area (Å²) in [6.07, 6.45) is 0. The largest absolute Gasteiger partial charge is 0.493 e. The van der Waals surface area contributed by atoms with E-state index in [9.17, 15) is 4.79 Å². The first-order valence-corrected chi connectivity index (χ1v) is 9.62. The van der Waals surface area contributed by atoms with Gasteiger partial charge in [0, 0.05) is 31.1 Å². The first-order chi connectivity index (χ1) is 13.9.